The molecule has 0 fully saturated rings. The predicted octanol–water partition coefficient (Wildman–Crippen LogP) is -0.264. The molecular weight excluding hydrogens is 454 g/mol. The number of rotatable bonds is 1. The Morgan fingerprint density at radius 1 is 0.963 bits per heavy atom. The van der Waals surface area contributed by atoms with Crippen LogP contribution in [0.5, 0.6) is 0 Å². The molecule has 3 aromatic rings. The Labute approximate surface area is 192 Å². The zero-order valence-electron chi connectivity index (χ0n) is 14.9. The summed E-state index contributed by atoms with van der Waals surface area (Å²) >= 11 is 0. The molecule has 2 aromatic carbocycles. The summed E-state index contributed by atoms with van der Waals surface area (Å²) in [6.07, 6.45) is 10.0. The minimum Gasteiger partial charge on any atom is -1.00 e. The van der Waals surface area contributed by atoms with Crippen LogP contribution in [-0.2, 0) is 32.6 Å². The normalized spacial score (nSPS) is 15.0. The van der Waals surface area contributed by atoms with Crippen LogP contribution in [0.2, 0.25) is 0 Å². The Balaban J connectivity index is 0.000000246. The largest absolute Gasteiger partial charge is 4.00 e. The molecule has 0 bridgehead atoms. The smallest absolute Gasteiger partial charge is 1.00 e. The van der Waals surface area contributed by atoms with Gasteiger partial charge in [0.25, 0.3) is 0 Å². The summed E-state index contributed by atoms with van der Waals surface area (Å²) in [5.41, 5.74) is 6.65. The molecule has 27 heavy (non-hydrogen) atoms. The van der Waals surface area contributed by atoms with Crippen LogP contribution in [0.4, 0.5) is 0 Å². The third-order valence-electron chi connectivity index (χ3n) is 4.35. The van der Waals surface area contributed by atoms with E-state index in [0.717, 1.165) is 17.8 Å². The number of allylic oxidation sites excluding steroid dienone is 4. The Bertz CT molecular complexity index is 870. The molecule has 2 aliphatic rings. The first-order chi connectivity index (χ1) is 11.8. The van der Waals surface area contributed by atoms with E-state index in [1.165, 1.54) is 22.3 Å². The van der Waals surface area contributed by atoms with Gasteiger partial charge in [-0.05, 0) is 18.6 Å². The van der Waals surface area contributed by atoms with E-state index in [0.29, 0.717) is 5.92 Å². The maximum Gasteiger partial charge on any atom is 4.00 e. The number of halogens is 2. The van der Waals surface area contributed by atoms with Gasteiger partial charge in [0.05, 0.1) is 12.0 Å². The van der Waals surface area contributed by atoms with E-state index in [-0.39, 0.29) is 51.0 Å². The Morgan fingerprint density at radius 3 is 2.44 bits per heavy atom. The van der Waals surface area contributed by atoms with Crippen LogP contribution in [0.1, 0.15) is 23.8 Å². The second kappa shape index (κ2) is 10.9. The average Bonchev–Trinajstić information content (AvgIpc) is 3.34. The molecule has 4 heteroatoms. The van der Waals surface area contributed by atoms with Crippen LogP contribution in [0.3, 0.4) is 0 Å². The molecule has 1 nitrogen and oxygen atoms in total. The second-order valence-corrected chi connectivity index (χ2v) is 6.10. The van der Waals surface area contributed by atoms with E-state index >= 15 is 0 Å². The molecule has 0 spiro atoms. The first-order valence-corrected chi connectivity index (χ1v) is 8.24. The summed E-state index contributed by atoms with van der Waals surface area (Å²) in [5.74, 6) is 1.36. The minimum atomic E-state index is 0. The number of hydrogen-bond donors (Lipinski definition) is 0. The second-order valence-electron chi connectivity index (χ2n) is 6.10. The van der Waals surface area contributed by atoms with Gasteiger partial charge in [-0.3, -0.25) is 6.08 Å². The molecule has 0 amide bonds. The molecule has 2 aliphatic carbocycles. The van der Waals surface area contributed by atoms with Crippen molar-refractivity contribution >= 4 is 5.57 Å². The van der Waals surface area contributed by atoms with E-state index in [1.54, 1.807) is 6.26 Å². The van der Waals surface area contributed by atoms with Gasteiger partial charge in [0.15, 0.2) is 0 Å². The van der Waals surface area contributed by atoms with Gasteiger partial charge >= 0.3 is 26.2 Å². The summed E-state index contributed by atoms with van der Waals surface area (Å²) < 4.78 is 5.23. The van der Waals surface area contributed by atoms with E-state index < -0.39 is 0 Å². The van der Waals surface area contributed by atoms with Crippen molar-refractivity contribution in [3.63, 3.8) is 0 Å². The molecular formula is C23H18Cl2OZr. The Hall–Kier alpha value is -1.34. The molecule has 0 saturated carbocycles. The number of hydrogen-bond acceptors (Lipinski definition) is 1. The van der Waals surface area contributed by atoms with Gasteiger partial charge in [-0.1, -0.05) is 48.2 Å². The molecule has 1 heterocycles. The zero-order chi connectivity index (χ0) is 16.4. The molecule has 1 unspecified atom stereocenters. The summed E-state index contributed by atoms with van der Waals surface area (Å²) in [4.78, 5) is 0. The first kappa shape index (κ1) is 23.7. The summed E-state index contributed by atoms with van der Waals surface area (Å²) in [6, 6.07) is 22.0. The van der Waals surface area contributed by atoms with Crippen molar-refractivity contribution in [2.75, 3.05) is 0 Å². The van der Waals surface area contributed by atoms with Gasteiger partial charge in [-0.15, -0.1) is 11.1 Å². The third kappa shape index (κ3) is 5.35. The maximum atomic E-state index is 5.23. The predicted molar refractivity (Wildman–Crippen MR) is 97.2 cm³/mol. The van der Waals surface area contributed by atoms with Crippen molar-refractivity contribution in [2.45, 2.75) is 13.3 Å². The van der Waals surface area contributed by atoms with Crippen molar-refractivity contribution in [1.29, 1.82) is 0 Å². The molecule has 5 rings (SSSR count). The molecule has 1 atom stereocenters. The van der Waals surface area contributed by atoms with Gasteiger partial charge in [-0.25, -0.2) is 6.08 Å². The van der Waals surface area contributed by atoms with Crippen LogP contribution < -0.4 is 24.8 Å². The van der Waals surface area contributed by atoms with Gasteiger partial charge in [0.1, 0.15) is 0 Å². The average molecular weight is 473 g/mol. The Kier molecular flexibility index (Phi) is 9.53. The maximum absolute atomic E-state index is 5.23. The fourth-order valence-electron chi connectivity index (χ4n) is 3.18. The number of fused-ring (bicyclic) bond motifs is 3. The summed E-state index contributed by atoms with van der Waals surface area (Å²) in [6.45, 7) is 2.10. The van der Waals surface area contributed by atoms with Crippen LogP contribution in [0.15, 0.2) is 77.4 Å². The van der Waals surface area contributed by atoms with Gasteiger partial charge < -0.3 is 29.2 Å². The van der Waals surface area contributed by atoms with Crippen LogP contribution in [0.25, 0.3) is 16.7 Å². The molecule has 0 saturated heterocycles. The topological polar surface area (TPSA) is 13.1 Å². The first-order valence-electron chi connectivity index (χ1n) is 8.24. The van der Waals surface area contributed by atoms with Gasteiger partial charge in [0.2, 0.25) is 0 Å². The summed E-state index contributed by atoms with van der Waals surface area (Å²) in [5, 5.41) is 0. The van der Waals surface area contributed by atoms with Crippen LogP contribution in [-0.4, -0.2) is 0 Å². The van der Waals surface area contributed by atoms with Crippen LogP contribution >= 0.6 is 0 Å². The van der Waals surface area contributed by atoms with Gasteiger partial charge in [0, 0.05) is 0 Å². The molecule has 134 valence electrons. The van der Waals surface area contributed by atoms with Crippen molar-refractivity contribution in [3.8, 4) is 11.1 Å². The molecule has 0 N–H and O–H groups in total. The summed E-state index contributed by atoms with van der Waals surface area (Å²) in [7, 11) is 0. The molecule has 1 aromatic heterocycles. The quantitative estimate of drug-likeness (QED) is 0.348. The zero-order valence-corrected chi connectivity index (χ0v) is 18.8. The van der Waals surface area contributed by atoms with E-state index in [4.69, 9.17) is 4.42 Å². The fraction of sp³-hybridized carbons (Fsp3) is 0.130. The molecule has 0 aliphatic heterocycles. The standard InChI is InChI=1S/C13H9.C10H9O.2ClH.Zr/c1-3-7-12-10(5-1)9-11-6-2-4-8-13(11)12;1-8-4-5-9(7-8)10-3-2-6-11-10;;;/h1-5,7-8H,9H2;2-3,5-8H,1H3;2*1H;/q2*-1;;;+4/p-2. The van der Waals surface area contributed by atoms with E-state index in [2.05, 4.69) is 61.5 Å². The van der Waals surface area contributed by atoms with Crippen molar-refractivity contribution in [3.05, 3.63) is 102 Å². The third-order valence-corrected chi connectivity index (χ3v) is 4.35. The number of benzene rings is 2. The van der Waals surface area contributed by atoms with E-state index in [1.807, 2.05) is 24.3 Å². The number of furan rings is 1. The molecule has 0 radical (unpaired) electrons. The van der Waals surface area contributed by atoms with Crippen LogP contribution in [0, 0.1) is 18.1 Å². The van der Waals surface area contributed by atoms with Crippen molar-refractivity contribution < 1.29 is 55.4 Å². The Morgan fingerprint density at radius 2 is 1.74 bits per heavy atom. The SMILES string of the molecule is CC1[C-]=CC(c2ccco2)=C1.[Cl-].[Cl-].[Zr+4].[c-]1cccc2c1Cc1ccccc1-2. The van der Waals surface area contributed by atoms with Crippen molar-refractivity contribution in [1.82, 2.24) is 0 Å². The minimum absolute atomic E-state index is 0. The van der Waals surface area contributed by atoms with Crippen molar-refractivity contribution in [2.24, 2.45) is 5.92 Å². The van der Waals surface area contributed by atoms with E-state index in [9.17, 15) is 0 Å². The fourth-order valence-corrected chi connectivity index (χ4v) is 3.18. The monoisotopic (exact) mass is 470 g/mol. The van der Waals surface area contributed by atoms with Gasteiger partial charge in [-0.2, -0.15) is 35.9 Å².